The molecular formula is C8H15NO2. The number of hydrogen-bond acceptors (Lipinski definition) is 3. The normalized spacial score (nSPS) is 12.3. The Labute approximate surface area is 67.4 Å². The lowest BCUT2D eigenvalue weighted by Crippen LogP contribution is -2.28. The van der Waals surface area contributed by atoms with Crippen molar-refractivity contribution in [3.8, 4) is 0 Å². The lowest BCUT2D eigenvalue weighted by Gasteiger charge is -2.10. The van der Waals surface area contributed by atoms with Crippen molar-refractivity contribution in [2.24, 2.45) is 0 Å². The van der Waals surface area contributed by atoms with Crippen molar-refractivity contribution in [2.75, 3.05) is 0 Å². The second kappa shape index (κ2) is 4.91. The Kier molecular flexibility index (Phi) is 4.54. The van der Waals surface area contributed by atoms with Crippen molar-refractivity contribution >= 4 is 5.97 Å². The smallest absolute Gasteiger partial charge is 0.351 e. The van der Waals surface area contributed by atoms with E-state index in [0.29, 0.717) is 5.57 Å². The second-order valence-corrected chi connectivity index (χ2v) is 2.60. The van der Waals surface area contributed by atoms with Crippen molar-refractivity contribution < 1.29 is 9.63 Å². The van der Waals surface area contributed by atoms with E-state index in [1.54, 1.807) is 6.92 Å². The summed E-state index contributed by atoms with van der Waals surface area (Å²) in [5.74, 6) is -0.398. The van der Waals surface area contributed by atoms with Crippen LogP contribution in [0.4, 0.5) is 0 Å². The summed E-state index contributed by atoms with van der Waals surface area (Å²) in [4.78, 5) is 15.4. The van der Waals surface area contributed by atoms with Gasteiger partial charge in [0.1, 0.15) is 0 Å². The van der Waals surface area contributed by atoms with Crippen molar-refractivity contribution in [1.29, 1.82) is 0 Å². The van der Waals surface area contributed by atoms with Gasteiger partial charge in [-0.15, -0.1) is 0 Å². The summed E-state index contributed by atoms with van der Waals surface area (Å²) in [6.45, 7) is 9.00. The summed E-state index contributed by atoms with van der Waals surface area (Å²) in [5, 5.41) is 0. The number of hydrogen-bond donors (Lipinski definition) is 1. The molecule has 0 spiro atoms. The van der Waals surface area contributed by atoms with Crippen LogP contribution in [0, 0.1) is 0 Å². The Balaban J connectivity index is 3.54. The number of hydroxylamine groups is 1. The van der Waals surface area contributed by atoms with Gasteiger partial charge in [-0.05, 0) is 20.3 Å². The standard InChI is InChI=1S/C8H15NO2/c1-5-7(4)9-11-8(10)6(2)3/h7,9H,2,5H2,1,3-4H3. The molecule has 0 aromatic carbocycles. The highest BCUT2D eigenvalue weighted by Gasteiger charge is 2.04. The predicted molar refractivity (Wildman–Crippen MR) is 43.8 cm³/mol. The van der Waals surface area contributed by atoms with Crippen molar-refractivity contribution in [3.63, 3.8) is 0 Å². The molecule has 0 radical (unpaired) electrons. The summed E-state index contributed by atoms with van der Waals surface area (Å²) >= 11 is 0. The van der Waals surface area contributed by atoms with E-state index in [4.69, 9.17) is 0 Å². The van der Waals surface area contributed by atoms with Crippen LogP contribution in [0.5, 0.6) is 0 Å². The molecule has 0 bridgehead atoms. The van der Waals surface area contributed by atoms with E-state index in [1.807, 2.05) is 13.8 Å². The maximum atomic E-state index is 10.8. The summed E-state index contributed by atoms with van der Waals surface area (Å²) in [6, 6.07) is 0.193. The van der Waals surface area contributed by atoms with Gasteiger partial charge >= 0.3 is 5.97 Å². The maximum Gasteiger partial charge on any atom is 0.351 e. The zero-order valence-electron chi connectivity index (χ0n) is 7.31. The first-order chi connectivity index (χ1) is 5.07. The molecule has 3 heteroatoms. The van der Waals surface area contributed by atoms with E-state index in [1.165, 1.54) is 0 Å². The lowest BCUT2D eigenvalue weighted by molar-refractivity contribution is -0.147. The molecule has 0 aromatic rings. The van der Waals surface area contributed by atoms with E-state index < -0.39 is 5.97 Å². The van der Waals surface area contributed by atoms with Crippen LogP contribution < -0.4 is 5.48 Å². The molecule has 0 aromatic heterocycles. The highest BCUT2D eigenvalue weighted by molar-refractivity contribution is 5.86. The minimum Gasteiger partial charge on any atom is -0.367 e. The lowest BCUT2D eigenvalue weighted by atomic mass is 10.3. The van der Waals surface area contributed by atoms with Gasteiger partial charge in [0, 0.05) is 11.6 Å². The largest absolute Gasteiger partial charge is 0.367 e. The molecule has 0 rings (SSSR count). The van der Waals surface area contributed by atoms with Gasteiger partial charge in [0.25, 0.3) is 0 Å². The SMILES string of the molecule is C=C(C)C(=O)ONC(C)CC. The average Bonchev–Trinajstić information content (AvgIpc) is 1.99. The second-order valence-electron chi connectivity index (χ2n) is 2.60. The molecular weight excluding hydrogens is 142 g/mol. The van der Waals surface area contributed by atoms with Crippen LogP contribution in [-0.4, -0.2) is 12.0 Å². The highest BCUT2D eigenvalue weighted by atomic mass is 16.7. The first kappa shape index (κ1) is 10.2. The van der Waals surface area contributed by atoms with Crippen LogP contribution >= 0.6 is 0 Å². The Bertz CT molecular complexity index is 154. The van der Waals surface area contributed by atoms with Gasteiger partial charge in [0.2, 0.25) is 0 Å². The fourth-order valence-electron chi connectivity index (χ4n) is 0.325. The fraction of sp³-hybridized carbons (Fsp3) is 0.625. The van der Waals surface area contributed by atoms with Crippen LogP contribution in [0.3, 0.4) is 0 Å². The molecule has 1 unspecified atom stereocenters. The van der Waals surface area contributed by atoms with E-state index >= 15 is 0 Å². The van der Waals surface area contributed by atoms with E-state index in [0.717, 1.165) is 6.42 Å². The molecule has 0 saturated carbocycles. The monoisotopic (exact) mass is 157 g/mol. The molecule has 1 N–H and O–H groups in total. The van der Waals surface area contributed by atoms with Crippen LogP contribution in [0.25, 0.3) is 0 Å². The third-order valence-electron chi connectivity index (χ3n) is 1.31. The third kappa shape index (κ3) is 4.56. The molecule has 11 heavy (non-hydrogen) atoms. The number of nitrogens with one attached hydrogen (secondary N) is 1. The first-order valence-electron chi connectivity index (χ1n) is 3.70. The topological polar surface area (TPSA) is 38.3 Å². The molecule has 0 aliphatic carbocycles. The Morgan fingerprint density at radius 3 is 2.64 bits per heavy atom. The van der Waals surface area contributed by atoms with Gasteiger partial charge in [-0.1, -0.05) is 13.5 Å². The van der Waals surface area contributed by atoms with E-state index in [9.17, 15) is 4.79 Å². The quantitative estimate of drug-likeness (QED) is 0.495. The van der Waals surface area contributed by atoms with Gasteiger partial charge in [-0.2, -0.15) is 5.48 Å². The highest BCUT2D eigenvalue weighted by Crippen LogP contribution is 1.92. The summed E-state index contributed by atoms with van der Waals surface area (Å²) in [7, 11) is 0. The van der Waals surface area contributed by atoms with Gasteiger partial charge in [0.05, 0.1) is 0 Å². The fourth-order valence-corrected chi connectivity index (χ4v) is 0.325. The summed E-state index contributed by atoms with van der Waals surface area (Å²) in [6.07, 6.45) is 0.920. The Hall–Kier alpha value is -0.830. The van der Waals surface area contributed by atoms with Crippen molar-refractivity contribution in [1.82, 2.24) is 5.48 Å². The molecule has 0 heterocycles. The number of rotatable bonds is 4. The average molecular weight is 157 g/mol. The molecule has 3 nitrogen and oxygen atoms in total. The van der Waals surface area contributed by atoms with Gasteiger partial charge in [0.15, 0.2) is 0 Å². The molecule has 64 valence electrons. The maximum absolute atomic E-state index is 10.8. The number of carbonyl (C=O) groups is 1. The molecule has 0 fully saturated rings. The third-order valence-corrected chi connectivity index (χ3v) is 1.31. The van der Waals surface area contributed by atoms with Crippen LogP contribution in [0.1, 0.15) is 27.2 Å². The Morgan fingerprint density at radius 2 is 2.27 bits per heavy atom. The molecule has 1 atom stereocenters. The van der Waals surface area contributed by atoms with Crippen molar-refractivity contribution in [3.05, 3.63) is 12.2 Å². The summed E-state index contributed by atoms with van der Waals surface area (Å²) < 4.78 is 0. The van der Waals surface area contributed by atoms with Gasteiger partial charge in [-0.3, -0.25) is 0 Å². The predicted octanol–water partition coefficient (Wildman–Crippen LogP) is 1.41. The van der Waals surface area contributed by atoms with Crippen LogP contribution in [0.2, 0.25) is 0 Å². The minimum atomic E-state index is -0.398. The zero-order valence-corrected chi connectivity index (χ0v) is 7.31. The molecule has 0 aliphatic heterocycles. The molecule has 0 amide bonds. The van der Waals surface area contributed by atoms with Crippen molar-refractivity contribution in [2.45, 2.75) is 33.2 Å². The summed E-state index contributed by atoms with van der Waals surface area (Å²) in [5.41, 5.74) is 3.01. The van der Waals surface area contributed by atoms with Gasteiger partial charge < -0.3 is 4.84 Å². The zero-order chi connectivity index (χ0) is 8.85. The van der Waals surface area contributed by atoms with Crippen LogP contribution in [-0.2, 0) is 9.63 Å². The van der Waals surface area contributed by atoms with E-state index in [-0.39, 0.29) is 6.04 Å². The molecule has 0 saturated heterocycles. The van der Waals surface area contributed by atoms with Gasteiger partial charge in [-0.25, -0.2) is 4.79 Å². The first-order valence-corrected chi connectivity index (χ1v) is 3.70. The molecule has 0 aliphatic rings. The minimum absolute atomic E-state index is 0.193. The Morgan fingerprint density at radius 1 is 1.73 bits per heavy atom. The van der Waals surface area contributed by atoms with Crippen LogP contribution in [0.15, 0.2) is 12.2 Å². The number of carbonyl (C=O) groups excluding carboxylic acids is 1. The van der Waals surface area contributed by atoms with E-state index in [2.05, 4.69) is 16.9 Å².